The van der Waals surface area contributed by atoms with E-state index >= 15 is 0 Å². The van der Waals surface area contributed by atoms with Gasteiger partial charge in [-0.25, -0.2) is 8.78 Å². The van der Waals surface area contributed by atoms with Crippen molar-refractivity contribution in [1.82, 2.24) is 4.98 Å². The number of halogens is 3. The summed E-state index contributed by atoms with van der Waals surface area (Å²) in [6.07, 6.45) is 0. The quantitative estimate of drug-likeness (QED) is 0.760. The zero-order chi connectivity index (χ0) is 13.4. The first-order chi connectivity index (χ1) is 9.15. The molecule has 1 aromatic heterocycles. The van der Waals surface area contributed by atoms with Gasteiger partial charge >= 0.3 is 0 Å². The molecule has 0 saturated carbocycles. The molecule has 1 heterocycles. The van der Waals surface area contributed by atoms with Crippen LogP contribution in [0.15, 0.2) is 40.8 Å². The van der Waals surface area contributed by atoms with Gasteiger partial charge in [-0.3, -0.25) is 0 Å². The minimum Gasteiger partial charge on any atom is -0.420 e. The highest BCUT2D eigenvalue weighted by Gasteiger charge is 2.14. The van der Waals surface area contributed by atoms with Crippen molar-refractivity contribution in [2.75, 3.05) is 5.32 Å². The lowest BCUT2D eigenvalue weighted by Gasteiger charge is -2.01. The molecule has 0 bridgehead atoms. The third-order valence-electron chi connectivity index (χ3n) is 2.57. The number of aromatic nitrogens is 1. The summed E-state index contributed by atoms with van der Waals surface area (Å²) in [5, 5.41) is 2.57. The molecule has 0 radical (unpaired) electrons. The summed E-state index contributed by atoms with van der Waals surface area (Å²) in [4.78, 5) is 3.90. The highest BCUT2D eigenvalue weighted by atomic mass is 19.2. The van der Waals surface area contributed by atoms with Gasteiger partial charge in [0.1, 0.15) is 11.3 Å². The normalized spacial score (nSPS) is 10.9. The summed E-state index contributed by atoms with van der Waals surface area (Å²) in [5.74, 6) is -2.65. The molecule has 0 spiro atoms. The zero-order valence-electron chi connectivity index (χ0n) is 9.45. The van der Waals surface area contributed by atoms with E-state index in [1.54, 1.807) is 6.07 Å². The Morgan fingerprint density at radius 3 is 2.53 bits per heavy atom. The van der Waals surface area contributed by atoms with E-state index in [9.17, 15) is 13.2 Å². The van der Waals surface area contributed by atoms with Crippen LogP contribution in [0.1, 0.15) is 0 Å². The Bertz CT molecular complexity index is 755. The average Bonchev–Trinajstić information content (AvgIpc) is 2.80. The fourth-order valence-corrected chi connectivity index (χ4v) is 1.67. The Labute approximate surface area is 105 Å². The first-order valence-corrected chi connectivity index (χ1v) is 5.41. The van der Waals surface area contributed by atoms with Crippen LogP contribution < -0.4 is 5.32 Å². The molecule has 0 aliphatic rings. The number of benzene rings is 2. The SMILES string of the molecule is Fc1ccccc1Nc1nc2ccc(F)c(F)c2o1. The van der Waals surface area contributed by atoms with Gasteiger partial charge in [0.2, 0.25) is 5.82 Å². The lowest BCUT2D eigenvalue weighted by Crippen LogP contribution is -1.92. The maximum absolute atomic E-state index is 13.4. The molecule has 0 fully saturated rings. The van der Waals surface area contributed by atoms with Gasteiger partial charge in [-0.15, -0.1) is 0 Å². The summed E-state index contributed by atoms with van der Waals surface area (Å²) in [7, 11) is 0. The van der Waals surface area contributed by atoms with Crippen molar-refractivity contribution in [3.63, 3.8) is 0 Å². The minimum absolute atomic E-state index is 0.107. The molecule has 3 rings (SSSR count). The fraction of sp³-hybridized carbons (Fsp3) is 0. The standard InChI is InChI=1S/C13H7F3N2O/c14-7-3-1-2-4-9(7)17-13-18-10-6-5-8(15)11(16)12(10)19-13/h1-6H,(H,17,18). The fourth-order valence-electron chi connectivity index (χ4n) is 1.67. The number of nitrogens with zero attached hydrogens (tertiary/aromatic N) is 1. The predicted octanol–water partition coefficient (Wildman–Crippen LogP) is 3.99. The van der Waals surface area contributed by atoms with Crippen LogP contribution in [0.5, 0.6) is 0 Å². The van der Waals surface area contributed by atoms with Crippen LogP contribution in [0.2, 0.25) is 0 Å². The lowest BCUT2D eigenvalue weighted by atomic mass is 10.3. The molecule has 6 heteroatoms. The highest BCUT2D eigenvalue weighted by Crippen LogP contribution is 2.26. The Morgan fingerprint density at radius 2 is 1.74 bits per heavy atom. The summed E-state index contributed by atoms with van der Waals surface area (Å²) in [5.41, 5.74) is -0.0217. The summed E-state index contributed by atoms with van der Waals surface area (Å²) in [6, 6.07) is 8.00. The van der Waals surface area contributed by atoms with Crippen LogP contribution in [-0.4, -0.2) is 4.98 Å². The molecule has 0 atom stereocenters. The van der Waals surface area contributed by atoms with Crippen molar-refractivity contribution >= 4 is 22.8 Å². The molecule has 0 aliphatic heterocycles. The Morgan fingerprint density at radius 1 is 0.947 bits per heavy atom. The number of fused-ring (bicyclic) bond motifs is 1. The van der Waals surface area contributed by atoms with E-state index in [4.69, 9.17) is 4.42 Å². The molecule has 2 aromatic carbocycles. The second-order valence-corrected chi connectivity index (χ2v) is 3.83. The number of hydrogen-bond donors (Lipinski definition) is 1. The van der Waals surface area contributed by atoms with Gasteiger partial charge in [0.05, 0.1) is 5.69 Å². The van der Waals surface area contributed by atoms with Crippen LogP contribution in [0.4, 0.5) is 24.9 Å². The van der Waals surface area contributed by atoms with E-state index < -0.39 is 17.5 Å². The number of anilines is 2. The van der Waals surface area contributed by atoms with Crippen molar-refractivity contribution in [3.8, 4) is 0 Å². The summed E-state index contributed by atoms with van der Waals surface area (Å²) in [6.45, 7) is 0. The monoisotopic (exact) mass is 264 g/mol. The molecular formula is C13H7F3N2O. The van der Waals surface area contributed by atoms with E-state index in [0.29, 0.717) is 0 Å². The molecule has 0 saturated heterocycles. The lowest BCUT2D eigenvalue weighted by molar-refractivity contribution is 0.494. The topological polar surface area (TPSA) is 38.1 Å². The van der Waals surface area contributed by atoms with E-state index in [0.717, 1.165) is 6.07 Å². The van der Waals surface area contributed by atoms with Gasteiger partial charge in [0.25, 0.3) is 6.01 Å². The second kappa shape index (κ2) is 4.31. The van der Waals surface area contributed by atoms with Crippen molar-refractivity contribution in [2.24, 2.45) is 0 Å². The van der Waals surface area contributed by atoms with E-state index in [2.05, 4.69) is 10.3 Å². The third kappa shape index (κ3) is 2.01. The molecule has 3 aromatic rings. The van der Waals surface area contributed by atoms with Crippen molar-refractivity contribution in [1.29, 1.82) is 0 Å². The van der Waals surface area contributed by atoms with Crippen LogP contribution in [-0.2, 0) is 0 Å². The van der Waals surface area contributed by atoms with Crippen LogP contribution in [0.3, 0.4) is 0 Å². The number of oxazole rings is 1. The maximum Gasteiger partial charge on any atom is 0.300 e. The molecule has 96 valence electrons. The van der Waals surface area contributed by atoms with Crippen molar-refractivity contribution in [2.45, 2.75) is 0 Å². The van der Waals surface area contributed by atoms with Crippen LogP contribution in [0, 0.1) is 17.5 Å². The van der Waals surface area contributed by atoms with Crippen molar-refractivity contribution in [3.05, 3.63) is 53.8 Å². The largest absolute Gasteiger partial charge is 0.420 e. The number of para-hydroxylation sites is 1. The molecule has 1 N–H and O–H groups in total. The number of hydrogen-bond acceptors (Lipinski definition) is 3. The van der Waals surface area contributed by atoms with Gasteiger partial charge in [-0.05, 0) is 24.3 Å². The Kier molecular flexibility index (Phi) is 2.63. The molecule has 3 nitrogen and oxygen atoms in total. The Balaban J connectivity index is 2.03. The van der Waals surface area contributed by atoms with Crippen LogP contribution in [0.25, 0.3) is 11.1 Å². The summed E-state index contributed by atoms with van der Waals surface area (Å²) >= 11 is 0. The number of nitrogens with one attached hydrogen (secondary N) is 1. The average molecular weight is 264 g/mol. The van der Waals surface area contributed by atoms with E-state index in [1.807, 2.05) is 0 Å². The predicted molar refractivity (Wildman–Crippen MR) is 63.6 cm³/mol. The smallest absolute Gasteiger partial charge is 0.300 e. The third-order valence-corrected chi connectivity index (χ3v) is 2.57. The number of rotatable bonds is 2. The molecule has 0 unspecified atom stereocenters. The molecule has 19 heavy (non-hydrogen) atoms. The molecule has 0 amide bonds. The van der Waals surface area contributed by atoms with Gasteiger partial charge in [-0.1, -0.05) is 12.1 Å². The molecule has 0 aliphatic carbocycles. The highest BCUT2D eigenvalue weighted by molar-refractivity contribution is 5.76. The second-order valence-electron chi connectivity index (χ2n) is 3.83. The van der Waals surface area contributed by atoms with Gasteiger partial charge in [0, 0.05) is 0 Å². The zero-order valence-corrected chi connectivity index (χ0v) is 9.45. The van der Waals surface area contributed by atoms with Crippen LogP contribution >= 0.6 is 0 Å². The molecular weight excluding hydrogens is 257 g/mol. The summed E-state index contributed by atoms with van der Waals surface area (Å²) < 4.78 is 44.9. The van der Waals surface area contributed by atoms with Gasteiger partial charge in [-0.2, -0.15) is 9.37 Å². The maximum atomic E-state index is 13.4. The van der Waals surface area contributed by atoms with E-state index in [-0.39, 0.29) is 22.8 Å². The van der Waals surface area contributed by atoms with Gasteiger partial charge < -0.3 is 9.73 Å². The van der Waals surface area contributed by atoms with Gasteiger partial charge in [0.15, 0.2) is 11.4 Å². The van der Waals surface area contributed by atoms with E-state index in [1.165, 1.54) is 24.3 Å². The Hall–Kier alpha value is -2.50. The first kappa shape index (κ1) is 11.6. The minimum atomic E-state index is -1.12. The first-order valence-electron chi connectivity index (χ1n) is 5.41. The van der Waals surface area contributed by atoms with Crippen molar-refractivity contribution < 1.29 is 17.6 Å².